The van der Waals surface area contributed by atoms with E-state index in [0.717, 1.165) is 12.8 Å². The molecule has 0 heterocycles. The molecule has 0 aliphatic heterocycles. The molecule has 17 heavy (non-hydrogen) atoms. The molecule has 0 spiro atoms. The van der Waals surface area contributed by atoms with Crippen molar-refractivity contribution < 1.29 is 4.79 Å². The van der Waals surface area contributed by atoms with E-state index in [0.29, 0.717) is 32.0 Å². The third-order valence-electron chi connectivity index (χ3n) is 2.77. The maximum Gasteiger partial charge on any atom is 0.224 e. The highest BCUT2D eigenvalue weighted by Gasteiger charge is 2.31. The van der Waals surface area contributed by atoms with E-state index in [4.69, 9.17) is 5.26 Å². The quantitative estimate of drug-likeness (QED) is 0.764. The number of nitrogens with zero attached hydrogens (tertiary/aromatic N) is 2. The fraction of sp³-hybridized carbons (Fsp3) is 0.846. The summed E-state index contributed by atoms with van der Waals surface area (Å²) in [4.78, 5) is 13.9. The Balaban J connectivity index is 2.30. The molecule has 96 valence electrons. The Labute approximate surface area is 104 Å². The first kappa shape index (κ1) is 14.0. The molecular weight excluding hydrogens is 214 g/mol. The maximum absolute atomic E-state index is 12.0. The molecule has 1 amide bonds. The fourth-order valence-electron chi connectivity index (χ4n) is 1.76. The number of carbonyl (C=O) groups excluding carboxylic acids is 1. The van der Waals surface area contributed by atoms with Crippen LogP contribution in [0.3, 0.4) is 0 Å². The Kier molecular flexibility index (Phi) is 4.95. The summed E-state index contributed by atoms with van der Waals surface area (Å²) in [5, 5.41) is 11.9. The molecular formula is C13H23N3O. The molecule has 0 unspecified atom stereocenters. The minimum absolute atomic E-state index is 0.0529. The van der Waals surface area contributed by atoms with Crippen LogP contribution in [0, 0.1) is 11.3 Å². The number of nitriles is 1. The van der Waals surface area contributed by atoms with Crippen LogP contribution in [0.1, 0.15) is 46.5 Å². The minimum atomic E-state index is 0.0529. The van der Waals surface area contributed by atoms with Gasteiger partial charge in [-0.2, -0.15) is 5.26 Å². The Morgan fingerprint density at radius 1 is 1.47 bits per heavy atom. The molecule has 0 aromatic carbocycles. The van der Waals surface area contributed by atoms with Crippen LogP contribution in [0.15, 0.2) is 0 Å². The number of amides is 1. The topological polar surface area (TPSA) is 56.1 Å². The van der Waals surface area contributed by atoms with E-state index in [1.54, 1.807) is 0 Å². The lowest BCUT2D eigenvalue weighted by Gasteiger charge is -2.24. The summed E-state index contributed by atoms with van der Waals surface area (Å²) in [5.41, 5.74) is 0.0529. The van der Waals surface area contributed by atoms with E-state index in [2.05, 4.69) is 32.2 Å². The van der Waals surface area contributed by atoms with Gasteiger partial charge < -0.3 is 10.2 Å². The van der Waals surface area contributed by atoms with Crippen molar-refractivity contribution in [2.75, 3.05) is 13.1 Å². The third kappa shape index (κ3) is 5.69. The normalized spacial score (nSPS) is 15.4. The molecule has 4 nitrogen and oxygen atoms in total. The van der Waals surface area contributed by atoms with Gasteiger partial charge in [0.05, 0.1) is 12.5 Å². The summed E-state index contributed by atoms with van der Waals surface area (Å²) in [6.45, 7) is 7.57. The van der Waals surface area contributed by atoms with Crippen LogP contribution in [0.25, 0.3) is 0 Å². The lowest BCUT2D eigenvalue weighted by molar-refractivity contribution is -0.131. The summed E-state index contributed by atoms with van der Waals surface area (Å²) in [6, 6.07) is 2.51. The van der Waals surface area contributed by atoms with Gasteiger partial charge in [-0.1, -0.05) is 0 Å². The van der Waals surface area contributed by atoms with E-state index < -0.39 is 0 Å². The van der Waals surface area contributed by atoms with Crippen LogP contribution in [-0.4, -0.2) is 35.5 Å². The number of hydrogen-bond acceptors (Lipinski definition) is 3. The van der Waals surface area contributed by atoms with Crippen molar-refractivity contribution in [2.24, 2.45) is 0 Å². The first-order chi connectivity index (χ1) is 7.94. The Morgan fingerprint density at radius 3 is 2.59 bits per heavy atom. The van der Waals surface area contributed by atoms with E-state index in [-0.39, 0.29) is 11.4 Å². The average Bonchev–Trinajstić information content (AvgIpc) is 3.00. The van der Waals surface area contributed by atoms with Crippen LogP contribution in [0.4, 0.5) is 0 Å². The fourth-order valence-corrected chi connectivity index (χ4v) is 1.76. The molecule has 0 saturated heterocycles. The van der Waals surface area contributed by atoms with Crippen molar-refractivity contribution in [3.05, 3.63) is 0 Å². The molecule has 0 aromatic rings. The SMILES string of the molecule is CC(C)(C)NCCC(=O)N(CCC#N)C1CC1. The predicted octanol–water partition coefficient (Wildman–Crippen LogP) is 1.67. The molecule has 0 aromatic heterocycles. The smallest absolute Gasteiger partial charge is 0.224 e. The number of nitrogens with one attached hydrogen (secondary N) is 1. The van der Waals surface area contributed by atoms with Crippen molar-refractivity contribution in [1.29, 1.82) is 5.26 Å². The zero-order chi connectivity index (χ0) is 12.9. The average molecular weight is 237 g/mol. The summed E-state index contributed by atoms with van der Waals surface area (Å²) in [6.07, 6.45) is 3.17. The molecule has 0 atom stereocenters. The minimum Gasteiger partial charge on any atom is -0.339 e. The number of carbonyl (C=O) groups is 1. The van der Waals surface area contributed by atoms with Crippen LogP contribution in [0.5, 0.6) is 0 Å². The molecule has 1 aliphatic carbocycles. The zero-order valence-corrected chi connectivity index (χ0v) is 11.1. The van der Waals surface area contributed by atoms with E-state index in [1.165, 1.54) is 0 Å². The van der Waals surface area contributed by atoms with Crippen molar-refractivity contribution >= 4 is 5.91 Å². The van der Waals surface area contributed by atoms with Crippen LogP contribution in [0.2, 0.25) is 0 Å². The Hall–Kier alpha value is -1.08. The van der Waals surface area contributed by atoms with Crippen molar-refractivity contribution in [3.63, 3.8) is 0 Å². The van der Waals surface area contributed by atoms with E-state index in [9.17, 15) is 4.79 Å². The second-order valence-corrected chi connectivity index (χ2v) is 5.65. The largest absolute Gasteiger partial charge is 0.339 e. The van der Waals surface area contributed by atoms with E-state index >= 15 is 0 Å². The summed E-state index contributed by atoms with van der Waals surface area (Å²) in [7, 11) is 0. The van der Waals surface area contributed by atoms with Gasteiger partial charge >= 0.3 is 0 Å². The van der Waals surface area contributed by atoms with Gasteiger partial charge in [-0.15, -0.1) is 0 Å². The summed E-state index contributed by atoms with van der Waals surface area (Å²) < 4.78 is 0. The molecule has 4 heteroatoms. The first-order valence-corrected chi connectivity index (χ1v) is 6.35. The maximum atomic E-state index is 12.0. The third-order valence-corrected chi connectivity index (χ3v) is 2.77. The van der Waals surface area contributed by atoms with Crippen molar-refractivity contribution in [2.45, 2.75) is 58.0 Å². The van der Waals surface area contributed by atoms with Gasteiger partial charge in [-0.25, -0.2) is 0 Å². The van der Waals surface area contributed by atoms with Crippen molar-refractivity contribution in [1.82, 2.24) is 10.2 Å². The second-order valence-electron chi connectivity index (χ2n) is 5.65. The van der Waals surface area contributed by atoms with Gasteiger partial charge in [-0.05, 0) is 33.6 Å². The highest BCUT2D eigenvalue weighted by molar-refractivity contribution is 5.77. The van der Waals surface area contributed by atoms with Gasteiger partial charge in [0.15, 0.2) is 0 Å². The van der Waals surface area contributed by atoms with Gasteiger partial charge in [0.25, 0.3) is 0 Å². The van der Waals surface area contributed by atoms with Crippen LogP contribution >= 0.6 is 0 Å². The van der Waals surface area contributed by atoms with Crippen LogP contribution in [-0.2, 0) is 4.79 Å². The van der Waals surface area contributed by atoms with Crippen molar-refractivity contribution in [3.8, 4) is 6.07 Å². The lowest BCUT2D eigenvalue weighted by Crippen LogP contribution is -2.40. The molecule has 0 radical (unpaired) electrons. The first-order valence-electron chi connectivity index (χ1n) is 6.35. The monoisotopic (exact) mass is 237 g/mol. The number of hydrogen-bond donors (Lipinski definition) is 1. The zero-order valence-electron chi connectivity index (χ0n) is 11.1. The van der Waals surface area contributed by atoms with Gasteiger partial charge in [0.1, 0.15) is 0 Å². The molecule has 0 bridgehead atoms. The van der Waals surface area contributed by atoms with Gasteiger partial charge in [-0.3, -0.25) is 4.79 Å². The van der Waals surface area contributed by atoms with E-state index in [1.807, 2.05) is 4.90 Å². The highest BCUT2D eigenvalue weighted by Crippen LogP contribution is 2.27. The van der Waals surface area contributed by atoms with Gasteiger partial charge in [0, 0.05) is 31.1 Å². The van der Waals surface area contributed by atoms with Gasteiger partial charge in [0.2, 0.25) is 5.91 Å². The highest BCUT2D eigenvalue weighted by atomic mass is 16.2. The Morgan fingerprint density at radius 2 is 2.12 bits per heavy atom. The summed E-state index contributed by atoms with van der Waals surface area (Å²) in [5.74, 6) is 0.180. The molecule has 1 aliphatic rings. The second kappa shape index (κ2) is 6.02. The Bertz CT molecular complexity index is 297. The standard InChI is InChI=1S/C13H23N3O/c1-13(2,3)15-9-7-12(17)16(10-4-8-14)11-5-6-11/h11,15H,4-7,9-10H2,1-3H3. The predicted molar refractivity (Wildman–Crippen MR) is 67.3 cm³/mol. The molecule has 1 fully saturated rings. The molecule has 1 saturated carbocycles. The number of rotatable bonds is 6. The molecule has 1 rings (SSSR count). The lowest BCUT2D eigenvalue weighted by atomic mass is 10.1. The molecule has 1 N–H and O–H groups in total. The summed E-state index contributed by atoms with van der Waals surface area (Å²) >= 11 is 0. The van der Waals surface area contributed by atoms with Crippen LogP contribution < -0.4 is 5.32 Å².